The van der Waals surface area contributed by atoms with Crippen LogP contribution >= 0.6 is 0 Å². The summed E-state index contributed by atoms with van der Waals surface area (Å²) in [5, 5.41) is 4.17. The highest BCUT2D eigenvalue weighted by molar-refractivity contribution is 6.05. The third-order valence-electron chi connectivity index (χ3n) is 4.46. The van der Waals surface area contributed by atoms with Crippen molar-refractivity contribution in [3.05, 3.63) is 18.0 Å². The van der Waals surface area contributed by atoms with Gasteiger partial charge in [0, 0.05) is 6.20 Å². The van der Waals surface area contributed by atoms with Gasteiger partial charge in [0.15, 0.2) is 0 Å². The Balaban J connectivity index is 2.57. The molecule has 0 aromatic carbocycles. The molecule has 1 heterocycles. The molecule has 3 heteroatoms. The summed E-state index contributed by atoms with van der Waals surface area (Å²) in [6, 6.07) is 0. The summed E-state index contributed by atoms with van der Waals surface area (Å²) >= 11 is 0. The van der Waals surface area contributed by atoms with Crippen molar-refractivity contribution in [1.29, 1.82) is 0 Å². The molecular formula is C17H31BN2. The standard InChI is InChI=1S/C17H31BN2/c1-4-6-8-10-12-17(3,13-11-9-7-5-2)16-14-19-20(18)15-16/h14-15H,4-13H2,1-3H3. The second-order valence-corrected chi connectivity index (χ2v) is 6.39. The van der Waals surface area contributed by atoms with E-state index < -0.39 is 0 Å². The lowest BCUT2D eigenvalue weighted by Crippen LogP contribution is -2.21. The van der Waals surface area contributed by atoms with Crippen molar-refractivity contribution in [3.63, 3.8) is 0 Å². The molecule has 0 bridgehead atoms. The Kier molecular flexibility index (Phi) is 8.02. The summed E-state index contributed by atoms with van der Waals surface area (Å²) in [6.45, 7) is 6.92. The van der Waals surface area contributed by atoms with E-state index in [2.05, 4.69) is 25.9 Å². The maximum absolute atomic E-state index is 5.73. The Morgan fingerprint density at radius 3 is 1.95 bits per heavy atom. The Labute approximate surface area is 126 Å². The minimum absolute atomic E-state index is 0.249. The van der Waals surface area contributed by atoms with Crippen LogP contribution in [0.15, 0.2) is 12.4 Å². The van der Waals surface area contributed by atoms with Crippen molar-refractivity contribution in [3.8, 4) is 0 Å². The summed E-state index contributed by atoms with van der Waals surface area (Å²) in [4.78, 5) is 0. The molecule has 0 aliphatic carbocycles. The quantitative estimate of drug-likeness (QED) is 0.409. The van der Waals surface area contributed by atoms with Gasteiger partial charge in [-0.05, 0) is 23.8 Å². The lowest BCUT2D eigenvalue weighted by atomic mass is 9.75. The Hall–Kier alpha value is -0.725. The Morgan fingerprint density at radius 2 is 1.55 bits per heavy atom. The molecule has 0 aliphatic rings. The molecule has 1 aromatic rings. The van der Waals surface area contributed by atoms with Crippen molar-refractivity contribution < 1.29 is 0 Å². The Bertz CT molecular complexity index is 348. The lowest BCUT2D eigenvalue weighted by molar-refractivity contribution is 0.364. The van der Waals surface area contributed by atoms with Crippen molar-refractivity contribution in [1.82, 2.24) is 9.69 Å². The van der Waals surface area contributed by atoms with Crippen molar-refractivity contribution >= 4 is 7.98 Å². The third-order valence-corrected chi connectivity index (χ3v) is 4.46. The molecule has 0 amide bonds. The predicted octanol–water partition coefficient (Wildman–Crippen LogP) is 5.01. The van der Waals surface area contributed by atoms with Crippen LogP contribution in [0.1, 0.15) is 90.5 Å². The van der Waals surface area contributed by atoms with E-state index in [4.69, 9.17) is 7.98 Å². The molecule has 0 unspecified atom stereocenters. The molecule has 0 spiro atoms. The summed E-state index contributed by atoms with van der Waals surface area (Å²) in [7, 11) is 5.73. The fourth-order valence-corrected chi connectivity index (χ4v) is 2.95. The molecule has 0 N–H and O–H groups in total. The third kappa shape index (κ3) is 5.72. The minimum Gasteiger partial charge on any atom is -0.330 e. The van der Waals surface area contributed by atoms with Gasteiger partial charge in [0.1, 0.15) is 0 Å². The topological polar surface area (TPSA) is 17.8 Å². The monoisotopic (exact) mass is 274 g/mol. The maximum Gasteiger partial charge on any atom is 0.264 e. The van der Waals surface area contributed by atoms with Crippen LogP contribution in [0.25, 0.3) is 0 Å². The average Bonchev–Trinajstić information content (AvgIpc) is 2.87. The molecule has 0 atom stereocenters. The first kappa shape index (κ1) is 17.3. The number of unbranched alkanes of at least 4 members (excludes halogenated alkanes) is 6. The minimum atomic E-state index is 0.249. The first-order valence-electron chi connectivity index (χ1n) is 8.42. The molecule has 0 saturated heterocycles. The summed E-state index contributed by atoms with van der Waals surface area (Å²) < 4.78 is 1.45. The second kappa shape index (κ2) is 9.25. The predicted molar refractivity (Wildman–Crippen MR) is 88.2 cm³/mol. The number of nitrogens with zero attached hydrogens (tertiary/aromatic N) is 2. The van der Waals surface area contributed by atoms with Gasteiger partial charge in [-0.3, -0.25) is 0 Å². The Morgan fingerprint density at radius 1 is 1.00 bits per heavy atom. The van der Waals surface area contributed by atoms with E-state index in [1.807, 2.05) is 12.4 Å². The van der Waals surface area contributed by atoms with Crippen LogP contribution in [0, 0.1) is 0 Å². The molecule has 1 aromatic heterocycles. The van der Waals surface area contributed by atoms with Crippen LogP contribution in [0.3, 0.4) is 0 Å². The lowest BCUT2D eigenvalue weighted by Gasteiger charge is -2.29. The molecule has 2 nitrogen and oxygen atoms in total. The largest absolute Gasteiger partial charge is 0.330 e. The summed E-state index contributed by atoms with van der Waals surface area (Å²) in [6.07, 6.45) is 17.1. The van der Waals surface area contributed by atoms with Crippen molar-refractivity contribution in [2.24, 2.45) is 0 Å². The van der Waals surface area contributed by atoms with Crippen LogP contribution in [0.2, 0.25) is 0 Å². The molecule has 0 saturated carbocycles. The molecule has 20 heavy (non-hydrogen) atoms. The smallest absolute Gasteiger partial charge is 0.264 e. The molecule has 0 aliphatic heterocycles. The van der Waals surface area contributed by atoms with E-state index in [0.29, 0.717) is 0 Å². The van der Waals surface area contributed by atoms with Gasteiger partial charge in [-0.15, -0.1) is 0 Å². The normalized spacial score (nSPS) is 11.9. The van der Waals surface area contributed by atoms with Gasteiger partial charge in [-0.2, -0.15) is 5.10 Å². The first-order chi connectivity index (χ1) is 9.62. The summed E-state index contributed by atoms with van der Waals surface area (Å²) in [5.74, 6) is 0. The van der Waals surface area contributed by atoms with E-state index in [9.17, 15) is 0 Å². The zero-order valence-corrected chi connectivity index (χ0v) is 13.7. The van der Waals surface area contributed by atoms with Gasteiger partial charge in [0.05, 0.1) is 6.20 Å². The van der Waals surface area contributed by atoms with E-state index in [-0.39, 0.29) is 5.41 Å². The van der Waals surface area contributed by atoms with Crippen LogP contribution < -0.4 is 0 Å². The van der Waals surface area contributed by atoms with Crippen molar-refractivity contribution in [2.75, 3.05) is 0 Å². The highest BCUT2D eigenvalue weighted by Crippen LogP contribution is 2.35. The van der Waals surface area contributed by atoms with Gasteiger partial charge in [0.2, 0.25) is 0 Å². The van der Waals surface area contributed by atoms with Crippen LogP contribution in [0.5, 0.6) is 0 Å². The maximum atomic E-state index is 5.73. The molecule has 2 radical (unpaired) electrons. The fraction of sp³-hybridized carbons (Fsp3) is 0.824. The summed E-state index contributed by atoms with van der Waals surface area (Å²) in [5.41, 5.74) is 1.56. The number of hydrogen-bond donors (Lipinski definition) is 0. The number of aromatic nitrogens is 2. The van der Waals surface area contributed by atoms with Crippen LogP contribution in [0.4, 0.5) is 0 Å². The second-order valence-electron chi connectivity index (χ2n) is 6.39. The highest BCUT2D eigenvalue weighted by Gasteiger charge is 2.26. The van der Waals surface area contributed by atoms with Gasteiger partial charge >= 0.3 is 0 Å². The average molecular weight is 274 g/mol. The van der Waals surface area contributed by atoms with Gasteiger partial charge in [0.25, 0.3) is 7.98 Å². The van der Waals surface area contributed by atoms with Crippen molar-refractivity contribution in [2.45, 2.75) is 90.4 Å². The first-order valence-corrected chi connectivity index (χ1v) is 8.42. The van der Waals surface area contributed by atoms with Crippen LogP contribution in [-0.2, 0) is 5.41 Å². The zero-order chi connectivity index (χ0) is 14.8. The number of hydrogen-bond acceptors (Lipinski definition) is 1. The fourth-order valence-electron chi connectivity index (χ4n) is 2.95. The van der Waals surface area contributed by atoms with E-state index in [0.717, 1.165) is 0 Å². The number of rotatable bonds is 11. The van der Waals surface area contributed by atoms with Crippen LogP contribution in [-0.4, -0.2) is 17.7 Å². The molecular weight excluding hydrogens is 243 g/mol. The van der Waals surface area contributed by atoms with E-state index in [1.54, 1.807) is 0 Å². The van der Waals surface area contributed by atoms with Gasteiger partial charge in [-0.1, -0.05) is 72.1 Å². The molecule has 1 rings (SSSR count). The van der Waals surface area contributed by atoms with Gasteiger partial charge in [-0.25, -0.2) is 0 Å². The highest BCUT2D eigenvalue weighted by atomic mass is 15.2. The van der Waals surface area contributed by atoms with E-state index in [1.165, 1.54) is 74.4 Å². The van der Waals surface area contributed by atoms with Gasteiger partial charge < -0.3 is 4.59 Å². The zero-order valence-electron chi connectivity index (χ0n) is 13.7. The molecule has 0 fully saturated rings. The SMILES string of the molecule is [B]n1cc(C(C)(CCCCCC)CCCCCC)cn1. The molecule has 112 valence electrons. The van der Waals surface area contributed by atoms with E-state index >= 15 is 0 Å².